The van der Waals surface area contributed by atoms with Gasteiger partial charge in [-0.05, 0) is 47.5 Å². The first kappa shape index (κ1) is 21.1. The molecule has 0 spiro atoms. The van der Waals surface area contributed by atoms with Crippen molar-refractivity contribution in [3.8, 4) is 11.5 Å². The fourth-order valence-corrected chi connectivity index (χ4v) is 4.85. The number of piperazine rings is 1. The van der Waals surface area contributed by atoms with Gasteiger partial charge in [-0.25, -0.2) is 4.68 Å². The van der Waals surface area contributed by atoms with Crippen LogP contribution in [-0.2, 0) is 0 Å². The number of nitrogens with zero attached hydrogens (tertiary/aromatic N) is 6. The van der Waals surface area contributed by atoms with E-state index in [0.717, 1.165) is 68.5 Å². The van der Waals surface area contributed by atoms with E-state index in [1.807, 2.05) is 6.07 Å². The van der Waals surface area contributed by atoms with Crippen LogP contribution in [0.1, 0.15) is 62.5 Å². The van der Waals surface area contributed by atoms with E-state index in [9.17, 15) is 0 Å². The molecule has 4 rings (SSSR count). The Morgan fingerprint density at radius 1 is 1.00 bits per heavy atom. The van der Waals surface area contributed by atoms with Gasteiger partial charge >= 0.3 is 0 Å². The molecule has 2 heterocycles. The standard InChI is InChI=1S/C22H34N6O2/c1-4-26-12-14-27(15-13-26)21(17-10-11-19(29-2)20(16-17)30-3)22-23-24-25-28(22)18-8-6-5-7-9-18/h10-11,16,18,21H,4-9,12-15H2,1-3H3/t21-/m1/s1. The number of hydrogen-bond acceptors (Lipinski definition) is 7. The zero-order valence-corrected chi connectivity index (χ0v) is 18.5. The summed E-state index contributed by atoms with van der Waals surface area (Å²) in [6, 6.07) is 6.58. The number of methoxy groups -OCH3 is 2. The molecule has 1 saturated heterocycles. The average molecular weight is 415 g/mol. The normalized spacial score (nSPS) is 20.2. The van der Waals surface area contributed by atoms with E-state index in [0.29, 0.717) is 6.04 Å². The Labute approximate surface area is 179 Å². The lowest BCUT2D eigenvalue weighted by atomic mass is 9.95. The lowest BCUT2D eigenvalue weighted by molar-refractivity contribution is 0.106. The van der Waals surface area contributed by atoms with E-state index in [4.69, 9.17) is 9.47 Å². The number of rotatable bonds is 7. The van der Waals surface area contributed by atoms with Crippen LogP contribution >= 0.6 is 0 Å². The minimum absolute atomic E-state index is 0.000684. The van der Waals surface area contributed by atoms with Crippen LogP contribution in [0.4, 0.5) is 0 Å². The van der Waals surface area contributed by atoms with E-state index in [1.165, 1.54) is 19.3 Å². The quantitative estimate of drug-likeness (QED) is 0.690. The molecule has 1 aliphatic carbocycles. The number of ether oxygens (including phenoxy) is 2. The van der Waals surface area contributed by atoms with Gasteiger partial charge in [-0.1, -0.05) is 32.3 Å². The second-order valence-electron chi connectivity index (χ2n) is 8.26. The van der Waals surface area contributed by atoms with Gasteiger partial charge in [0.15, 0.2) is 17.3 Å². The van der Waals surface area contributed by atoms with Crippen LogP contribution in [0, 0.1) is 0 Å². The Morgan fingerprint density at radius 2 is 1.73 bits per heavy atom. The minimum atomic E-state index is 0.000684. The minimum Gasteiger partial charge on any atom is -0.493 e. The van der Waals surface area contributed by atoms with Gasteiger partial charge in [-0.3, -0.25) is 4.90 Å². The van der Waals surface area contributed by atoms with Gasteiger partial charge in [-0.2, -0.15) is 0 Å². The molecule has 0 amide bonds. The summed E-state index contributed by atoms with van der Waals surface area (Å²) in [5.74, 6) is 2.42. The summed E-state index contributed by atoms with van der Waals surface area (Å²) < 4.78 is 13.2. The topological polar surface area (TPSA) is 68.5 Å². The van der Waals surface area contributed by atoms with E-state index >= 15 is 0 Å². The molecule has 2 fully saturated rings. The van der Waals surface area contributed by atoms with E-state index in [1.54, 1.807) is 14.2 Å². The van der Waals surface area contributed by atoms with Crippen molar-refractivity contribution in [3.05, 3.63) is 29.6 Å². The Morgan fingerprint density at radius 3 is 2.40 bits per heavy atom. The van der Waals surface area contributed by atoms with Crippen LogP contribution in [0.5, 0.6) is 11.5 Å². The summed E-state index contributed by atoms with van der Waals surface area (Å²) in [4.78, 5) is 5.00. The highest BCUT2D eigenvalue weighted by Crippen LogP contribution is 2.37. The summed E-state index contributed by atoms with van der Waals surface area (Å²) in [5.41, 5.74) is 1.14. The van der Waals surface area contributed by atoms with Gasteiger partial charge in [-0.15, -0.1) is 5.10 Å². The highest BCUT2D eigenvalue weighted by atomic mass is 16.5. The molecular weight excluding hydrogens is 380 g/mol. The first-order valence-corrected chi connectivity index (χ1v) is 11.2. The van der Waals surface area contributed by atoms with Crippen LogP contribution in [0.3, 0.4) is 0 Å². The van der Waals surface area contributed by atoms with Gasteiger partial charge in [0.1, 0.15) is 0 Å². The summed E-state index contributed by atoms with van der Waals surface area (Å²) >= 11 is 0. The third-order valence-corrected chi connectivity index (χ3v) is 6.63. The first-order chi connectivity index (χ1) is 14.7. The van der Waals surface area contributed by atoms with Crippen molar-refractivity contribution in [1.82, 2.24) is 30.0 Å². The smallest absolute Gasteiger partial charge is 0.173 e. The van der Waals surface area contributed by atoms with Crippen LogP contribution in [0.25, 0.3) is 0 Å². The van der Waals surface area contributed by atoms with Crippen molar-refractivity contribution in [1.29, 1.82) is 0 Å². The first-order valence-electron chi connectivity index (χ1n) is 11.2. The van der Waals surface area contributed by atoms with Crippen molar-refractivity contribution in [2.24, 2.45) is 0 Å². The number of benzene rings is 1. The molecule has 1 atom stereocenters. The summed E-state index contributed by atoms with van der Waals surface area (Å²) in [5, 5.41) is 13.1. The molecule has 2 aliphatic rings. The Bertz CT molecular complexity index is 812. The molecular formula is C22H34N6O2. The Hall–Kier alpha value is -2.19. The largest absolute Gasteiger partial charge is 0.493 e. The number of hydrogen-bond donors (Lipinski definition) is 0. The maximum atomic E-state index is 5.60. The van der Waals surface area contributed by atoms with Gasteiger partial charge in [0.25, 0.3) is 0 Å². The zero-order chi connectivity index (χ0) is 20.9. The molecule has 1 aromatic carbocycles. The highest BCUT2D eigenvalue weighted by molar-refractivity contribution is 5.45. The lowest BCUT2D eigenvalue weighted by Gasteiger charge is -2.39. The number of aromatic nitrogens is 4. The second-order valence-corrected chi connectivity index (χ2v) is 8.26. The van der Waals surface area contributed by atoms with Crippen LogP contribution in [0.2, 0.25) is 0 Å². The van der Waals surface area contributed by atoms with Gasteiger partial charge in [0.05, 0.1) is 26.3 Å². The Kier molecular flexibility index (Phi) is 6.84. The molecule has 8 nitrogen and oxygen atoms in total. The SMILES string of the molecule is CCN1CCN([C@H](c2ccc(OC)c(OC)c2)c2nnnn2C2CCCCC2)CC1. The highest BCUT2D eigenvalue weighted by Gasteiger charge is 2.33. The fraction of sp³-hybridized carbons (Fsp3) is 0.682. The number of likely N-dealkylation sites (N-methyl/N-ethyl adjacent to an activating group) is 1. The zero-order valence-electron chi connectivity index (χ0n) is 18.5. The molecule has 0 bridgehead atoms. The second kappa shape index (κ2) is 9.75. The van der Waals surface area contributed by atoms with Gasteiger partial charge in [0, 0.05) is 26.2 Å². The van der Waals surface area contributed by atoms with E-state index in [2.05, 4.69) is 49.1 Å². The molecule has 30 heavy (non-hydrogen) atoms. The van der Waals surface area contributed by atoms with Crippen molar-refractivity contribution < 1.29 is 9.47 Å². The predicted molar refractivity (Wildman–Crippen MR) is 115 cm³/mol. The van der Waals surface area contributed by atoms with Crippen LogP contribution in [-0.4, -0.2) is 77.0 Å². The maximum Gasteiger partial charge on any atom is 0.173 e. The summed E-state index contributed by atoms with van der Waals surface area (Å²) in [6.07, 6.45) is 6.12. The average Bonchev–Trinajstić information content (AvgIpc) is 3.29. The molecule has 0 N–H and O–H groups in total. The Balaban J connectivity index is 1.71. The molecule has 2 aromatic rings. The van der Waals surface area contributed by atoms with Crippen molar-refractivity contribution in [3.63, 3.8) is 0 Å². The van der Waals surface area contributed by atoms with Crippen LogP contribution < -0.4 is 9.47 Å². The predicted octanol–water partition coefficient (Wildman–Crippen LogP) is 2.92. The molecule has 1 saturated carbocycles. The maximum absolute atomic E-state index is 5.60. The van der Waals surface area contributed by atoms with Gasteiger partial charge in [0.2, 0.25) is 0 Å². The van der Waals surface area contributed by atoms with Crippen LogP contribution in [0.15, 0.2) is 18.2 Å². The number of tetrazole rings is 1. The van der Waals surface area contributed by atoms with Gasteiger partial charge < -0.3 is 14.4 Å². The van der Waals surface area contributed by atoms with Crippen molar-refractivity contribution >= 4 is 0 Å². The van der Waals surface area contributed by atoms with Crippen molar-refractivity contribution in [2.75, 3.05) is 46.9 Å². The fourth-order valence-electron chi connectivity index (χ4n) is 4.85. The molecule has 164 valence electrons. The molecule has 0 unspecified atom stereocenters. The third kappa shape index (κ3) is 4.30. The summed E-state index contributed by atoms with van der Waals surface area (Å²) in [6.45, 7) is 7.42. The third-order valence-electron chi connectivity index (χ3n) is 6.63. The monoisotopic (exact) mass is 414 g/mol. The van der Waals surface area contributed by atoms with E-state index in [-0.39, 0.29) is 6.04 Å². The lowest BCUT2D eigenvalue weighted by Crippen LogP contribution is -2.48. The molecule has 1 aliphatic heterocycles. The molecule has 8 heteroatoms. The van der Waals surface area contributed by atoms with E-state index < -0.39 is 0 Å². The molecule has 0 radical (unpaired) electrons. The summed E-state index contributed by atoms with van der Waals surface area (Å²) in [7, 11) is 3.35. The van der Waals surface area contributed by atoms with Crippen molar-refractivity contribution in [2.45, 2.75) is 51.1 Å². The molecule has 1 aromatic heterocycles.